The van der Waals surface area contributed by atoms with Crippen molar-refractivity contribution in [2.75, 3.05) is 26.2 Å². The standard InChI is InChI=1S/C19H24N4O3S/c24-17(8-7-16-20-18(21-26-16)15-6-3-13-27-15)22-9-11-23(12-10-22)19(25)14-4-1-2-5-14/h3,6,13-14H,1-2,4-5,7-12H2. The van der Waals surface area contributed by atoms with Gasteiger partial charge in [-0.3, -0.25) is 9.59 Å². The summed E-state index contributed by atoms with van der Waals surface area (Å²) in [6.45, 7) is 2.51. The van der Waals surface area contributed by atoms with Crippen molar-refractivity contribution in [3.8, 4) is 10.7 Å². The first-order valence-electron chi connectivity index (χ1n) is 9.64. The molecule has 0 unspecified atom stereocenters. The lowest BCUT2D eigenvalue weighted by atomic mass is 10.1. The summed E-state index contributed by atoms with van der Waals surface area (Å²) in [6, 6.07) is 3.88. The van der Waals surface area contributed by atoms with Gasteiger partial charge in [0.15, 0.2) is 0 Å². The zero-order valence-electron chi connectivity index (χ0n) is 15.3. The predicted molar refractivity (Wildman–Crippen MR) is 101 cm³/mol. The van der Waals surface area contributed by atoms with Gasteiger partial charge in [0.2, 0.25) is 23.5 Å². The topological polar surface area (TPSA) is 79.5 Å². The van der Waals surface area contributed by atoms with Gasteiger partial charge in [-0.05, 0) is 24.3 Å². The number of piperazine rings is 1. The third-order valence-electron chi connectivity index (χ3n) is 5.41. The third-order valence-corrected chi connectivity index (χ3v) is 6.28. The van der Waals surface area contributed by atoms with Crippen LogP contribution >= 0.6 is 11.3 Å². The van der Waals surface area contributed by atoms with E-state index in [1.165, 1.54) is 12.8 Å². The number of carbonyl (C=O) groups excluding carboxylic acids is 2. The van der Waals surface area contributed by atoms with E-state index in [1.807, 2.05) is 27.3 Å². The van der Waals surface area contributed by atoms with Crippen molar-refractivity contribution in [3.63, 3.8) is 0 Å². The SMILES string of the molecule is O=C(CCc1nc(-c2cccs2)no1)N1CCN(C(=O)C2CCCC2)CC1. The van der Waals surface area contributed by atoms with Crippen molar-refractivity contribution in [1.29, 1.82) is 0 Å². The summed E-state index contributed by atoms with van der Waals surface area (Å²) in [4.78, 5) is 34.1. The van der Waals surface area contributed by atoms with Crippen LogP contribution in [0.2, 0.25) is 0 Å². The molecule has 2 aromatic heterocycles. The molecule has 2 fully saturated rings. The van der Waals surface area contributed by atoms with E-state index in [-0.39, 0.29) is 17.7 Å². The molecule has 2 aromatic rings. The molecule has 2 aliphatic rings. The lowest BCUT2D eigenvalue weighted by Gasteiger charge is -2.36. The molecule has 0 N–H and O–H groups in total. The van der Waals surface area contributed by atoms with Gasteiger partial charge < -0.3 is 14.3 Å². The Morgan fingerprint density at radius 2 is 1.89 bits per heavy atom. The second-order valence-corrected chi connectivity index (χ2v) is 8.12. The highest BCUT2D eigenvalue weighted by molar-refractivity contribution is 7.13. The first-order valence-corrected chi connectivity index (χ1v) is 10.5. The van der Waals surface area contributed by atoms with Gasteiger partial charge in [0, 0.05) is 44.9 Å². The molecule has 4 rings (SSSR count). The molecule has 0 atom stereocenters. The van der Waals surface area contributed by atoms with Gasteiger partial charge in [-0.25, -0.2) is 0 Å². The molecule has 27 heavy (non-hydrogen) atoms. The molecule has 8 heteroatoms. The number of nitrogens with zero attached hydrogens (tertiary/aromatic N) is 4. The highest BCUT2D eigenvalue weighted by atomic mass is 32.1. The van der Waals surface area contributed by atoms with Crippen molar-refractivity contribution < 1.29 is 14.1 Å². The lowest BCUT2D eigenvalue weighted by molar-refractivity contribution is -0.142. The fraction of sp³-hybridized carbons (Fsp3) is 0.579. The monoisotopic (exact) mass is 388 g/mol. The minimum absolute atomic E-state index is 0.0823. The number of thiophene rings is 1. The fourth-order valence-electron chi connectivity index (χ4n) is 3.84. The summed E-state index contributed by atoms with van der Waals surface area (Å²) in [7, 11) is 0. The lowest BCUT2D eigenvalue weighted by Crippen LogP contribution is -2.51. The highest BCUT2D eigenvalue weighted by Gasteiger charge is 2.30. The highest BCUT2D eigenvalue weighted by Crippen LogP contribution is 2.27. The Balaban J connectivity index is 1.23. The second kappa shape index (κ2) is 8.21. The minimum atomic E-state index is 0.0823. The predicted octanol–water partition coefficient (Wildman–Crippen LogP) is 2.59. The molecule has 1 aliphatic carbocycles. The van der Waals surface area contributed by atoms with Gasteiger partial charge >= 0.3 is 0 Å². The van der Waals surface area contributed by atoms with Crippen LogP contribution in [0.15, 0.2) is 22.0 Å². The van der Waals surface area contributed by atoms with Crippen LogP contribution in [0.25, 0.3) is 10.7 Å². The average molecular weight is 388 g/mol. The van der Waals surface area contributed by atoms with Gasteiger partial charge in [-0.15, -0.1) is 11.3 Å². The molecule has 0 bridgehead atoms. The van der Waals surface area contributed by atoms with E-state index in [2.05, 4.69) is 10.1 Å². The van der Waals surface area contributed by atoms with Gasteiger partial charge in [-0.2, -0.15) is 4.98 Å². The van der Waals surface area contributed by atoms with E-state index in [0.717, 1.165) is 17.7 Å². The zero-order valence-corrected chi connectivity index (χ0v) is 16.1. The summed E-state index contributed by atoms with van der Waals surface area (Å²) in [5.41, 5.74) is 0. The van der Waals surface area contributed by atoms with Crippen molar-refractivity contribution in [2.45, 2.75) is 38.5 Å². The molecule has 0 spiro atoms. The largest absolute Gasteiger partial charge is 0.339 e. The van der Waals surface area contributed by atoms with Crippen LogP contribution in [-0.4, -0.2) is 57.9 Å². The van der Waals surface area contributed by atoms with Crippen molar-refractivity contribution in [1.82, 2.24) is 19.9 Å². The fourth-order valence-corrected chi connectivity index (χ4v) is 4.49. The molecular weight excluding hydrogens is 364 g/mol. The van der Waals surface area contributed by atoms with Crippen LogP contribution in [-0.2, 0) is 16.0 Å². The summed E-state index contributed by atoms with van der Waals surface area (Å²) in [5.74, 6) is 1.64. The normalized spacial score (nSPS) is 18.2. The molecular formula is C19H24N4O3S. The third kappa shape index (κ3) is 4.21. The van der Waals surface area contributed by atoms with Crippen LogP contribution in [0.5, 0.6) is 0 Å². The molecule has 1 saturated carbocycles. The summed E-state index contributed by atoms with van der Waals surface area (Å²) < 4.78 is 5.25. The number of aryl methyl sites for hydroxylation is 1. The minimum Gasteiger partial charge on any atom is -0.339 e. The number of hydrogen-bond donors (Lipinski definition) is 0. The number of hydrogen-bond acceptors (Lipinski definition) is 6. The van der Waals surface area contributed by atoms with E-state index in [9.17, 15) is 9.59 Å². The van der Waals surface area contributed by atoms with Crippen LogP contribution in [0, 0.1) is 5.92 Å². The van der Waals surface area contributed by atoms with Gasteiger partial charge in [0.05, 0.1) is 4.88 Å². The molecule has 144 valence electrons. The Hall–Kier alpha value is -2.22. The van der Waals surface area contributed by atoms with Crippen LogP contribution < -0.4 is 0 Å². The summed E-state index contributed by atoms with van der Waals surface area (Å²) >= 11 is 1.56. The maximum atomic E-state index is 12.5. The Kier molecular flexibility index (Phi) is 5.52. The molecule has 3 heterocycles. The van der Waals surface area contributed by atoms with E-state index in [0.29, 0.717) is 50.7 Å². The zero-order chi connectivity index (χ0) is 18.6. The van der Waals surface area contributed by atoms with Gasteiger partial charge in [-0.1, -0.05) is 24.1 Å². The Morgan fingerprint density at radius 3 is 2.59 bits per heavy atom. The molecule has 1 aliphatic heterocycles. The molecule has 1 saturated heterocycles. The van der Waals surface area contributed by atoms with E-state index in [4.69, 9.17) is 4.52 Å². The van der Waals surface area contributed by atoms with Crippen molar-refractivity contribution in [3.05, 3.63) is 23.4 Å². The number of rotatable bonds is 5. The van der Waals surface area contributed by atoms with E-state index in [1.54, 1.807) is 11.3 Å². The van der Waals surface area contributed by atoms with Gasteiger partial charge in [0.1, 0.15) is 0 Å². The quantitative estimate of drug-likeness (QED) is 0.787. The Labute approximate surface area is 162 Å². The average Bonchev–Trinajstić information content (AvgIpc) is 3.47. The first kappa shape index (κ1) is 18.2. The number of amides is 2. The smallest absolute Gasteiger partial charge is 0.227 e. The summed E-state index contributed by atoms with van der Waals surface area (Å²) in [6.07, 6.45) is 5.17. The summed E-state index contributed by atoms with van der Waals surface area (Å²) in [5, 5.41) is 5.94. The Bertz CT molecular complexity index is 775. The second-order valence-electron chi connectivity index (χ2n) is 7.18. The van der Waals surface area contributed by atoms with Crippen LogP contribution in [0.3, 0.4) is 0 Å². The molecule has 7 nitrogen and oxygen atoms in total. The Morgan fingerprint density at radius 1 is 1.15 bits per heavy atom. The van der Waals surface area contributed by atoms with Crippen molar-refractivity contribution >= 4 is 23.2 Å². The van der Waals surface area contributed by atoms with E-state index >= 15 is 0 Å². The van der Waals surface area contributed by atoms with E-state index < -0.39 is 0 Å². The van der Waals surface area contributed by atoms with Crippen LogP contribution in [0.1, 0.15) is 38.0 Å². The number of carbonyl (C=O) groups is 2. The van der Waals surface area contributed by atoms with Crippen LogP contribution in [0.4, 0.5) is 0 Å². The number of aromatic nitrogens is 2. The maximum Gasteiger partial charge on any atom is 0.227 e. The van der Waals surface area contributed by atoms with Gasteiger partial charge in [0.25, 0.3) is 0 Å². The maximum absolute atomic E-state index is 12.5. The molecule has 2 amide bonds. The van der Waals surface area contributed by atoms with Crippen molar-refractivity contribution in [2.24, 2.45) is 5.92 Å². The molecule has 0 radical (unpaired) electrons. The first-order chi connectivity index (χ1) is 13.2. The molecule has 0 aromatic carbocycles.